The molecule has 0 saturated heterocycles. The average molecular weight is 281 g/mol. The molecule has 0 spiro atoms. The van der Waals surface area contributed by atoms with Gasteiger partial charge in [-0.05, 0) is 17.7 Å². The van der Waals surface area contributed by atoms with Crippen molar-refractivity contribution in [1.29, 1.82) is 0 Å². The quantitative estimate of drug-likeness (QED) is 0.810. The number of rotatable bonds is 5. The molecule has 0 saturated carbocycles. The van der Waals surface area contributed by atoms with Crippen molar-refractivity contribution in [3.05, 3.63) is 29.6 Å². The molecule has 0 atom stereocenters. The summed E-state index contributed by atoms with van der Waals surface area (Å²) >= 11 is 0. The molecule has 0 radical (unpaired) electrons. The Hall–Kier alpha value is -1.83. The van der Waals surface area contributed by atoms with Crippen LogP contribution >= 0.6 is 0 Å². The molecular formula is C11H11F4NO3. The summed E-state index contributed by atoms with van der Waals surface area (Å²) in [5.74, 6) is -3.01. The van der Waals surface area contributed by atoms with Crippen LogP contribution in [0.15, 0.2) is 18.2 Å². The largest absolute Gasteiger partial charge is 0.505 e. The van der Waals surface area contributed by atoms with Gasteiger partial charge in [-0.25, -0.2) is 4.39 Å². The van der Waals surface area contributed by atoms with Gasteiger partial charge >= 0.3 is 12.1 Å². The van der Waals surface area contributed by atoms with Gasteiger partial charge in [0.05, 0.1) is 13.1 Å². The minimum Gasteiger partial charge on any atom is -0.505 e. The summed E-state index contributed by atoms with van der Waals surface area (Å²) in [7, 11) is 0. The first kappa shape index (κ1) is 15.2. The predicted molar refractivity (Wildman–Crippen MR) is 57.0 cm³/mol. The number of aliphatic carboxylic acids is 1. The van der Waals surface area contributed by atoms with Crippen LogP contribution < -0.4 is 0 Å². The molecule has 0 aliphatic heterocycles. The molecule has 4 nitrogen and oxygen atoms in total. The summed E-state index contributed by atoms with van der Waals surface area (Å²) in [6.45, 7) is -2.62. The van der Waals surface area contributed by atoms with Gasteiger partial charge in [-0.2, -0.15) is 13.2 Å². The molecule has 0 fully saturated rings. The van der Waals surface area contributed by atoms with Gasteiger partial charge in [-0.15, -0.1) is 0 Å². The SMILES string of the molecule is O=C(O)CN(Cc1ccc(O)c(F)c1)CC(F)(F)F. The van der Waals surface area contributed by atoms with Crippen molar-refractivity contribution in [3.8, 4) is 5.75 Å². The molecule has 2 N–H and O–H groups in total. The highest BCUT2D eigenvalue weighted by Gasteiger charge is 2.31. The Kier molecular flexibility index (Phi) is 4.71. The van der Waals surface area contributed by atoms with Crippen LogP contribution in [0, 0.1) is 5.82 Å². The van der Waals surface area contributed by atoms with Crippen molar-refractivity contribution in [2.24, 2.45) is 0 Å². The zero-order valence-electron chi connectivity index (χ0n) is 9.62. The van der Waals surface area contributed by atoms with E-state index in [0.29, 0.717) is 4.90 Å². The number of carbonyl (C=O) groups is 1. The number of halogens is 4. The van der Waals surface area contributed by atoms with E-state index in [1.165, 1.54) is 6.07 Å². The van der Waals surface area contributed by atoms with E-state index in [1.54, 1.807) is 0 Å². The lowest BCUT2D eigenvalue weighted by Gasteiger charge is -2.21. The molecule has 0 aromatic heterocycles. The molecule has 8 heteroatoms. The molecule has 0 aliphatic carbocycles. The zero-order chi connectivity index (χ0) is 14.6. The fraction of sp³-hybridized carbons (Fsp3) is 0.364. The monoisotopic (exact) mass is 281 g/mol. The number of phenolic OH excluding ortho intramolecular Hbond substituents is 1. The number of benzene rings is 1. The Bertz CT molecular complexity index is 462. The fourth-order valence-corrected chi connectivity index (χ4v) is 1.52. The van der Waals surface area contributed by atoms with Crippen LogP contribution in [-0.4, -0.2) is 40.3 Å². The Labute approximate surface area is 105 Å². The number of carboxylic acid groups (broad SMARTS) is 1. The normalized spacial score (nSPS) is 11.8. The number of alkyl halides is 3. The van der Waals surface area contributed by atoms with E-state index < -0.39 is 36.8 Å². The van der Waals surface area contributed by atoms with Crippen LogP contribution in [0.3, 0.4) is 0 Å². The fourth-order valence-electron chi connectivity index (χ4n) is 1.52. The van der Waals surface area contributed by atoms with Gasteiger partial charge < -0.3 is 10.2 Å². The molecular weight excluding hydrogens is 270 g/mol. The van der Waals surface area contributed by atoms with Crippen molar-refractivity contribution in [3.63, 3.8) is 0 Å². The van der Waals surface area contributed by atoms with Crippen LogP contribution in [0.1, 0.15) is 5.56 Å². The van der Waals surface area contributed by atoms with Gasteiger partial charge in [0.2, 0.25) is 0 Å². The second-order valence-corrected chi connectivity index (χ2v) is 3.94. The van der Waals surface area contributed by atoms with Gasteiger partial charge in [0.1, 0.15) is 0 Å². The maximum Gasteiger partial charge on any atom is 0.401 e. The smallest absolute Gasteiger partial charge is 0.401 e. The van der Waals surface area contributed by atoms with E-state index in [-0.39, 0.29) is 12.1 Å². The van der Waals surface area contributed by atoms with E-state index in [4.69, 9.17) is 10.2 Å². The van der Waals surface area contributed by atoms with Crippen molar-refractivity contribution in [2.45, 2.75) is 12.7 Å². The van der Waals surface area contributed by atoms with E-state index in [0.717, 1.165) is 12.1 Å². The molecule has 19 heavy (non-hydrogen) atoms. The maximum absolute atomic E-state index is 13.0. The maximum atomic E-state index is 13.0. The van der Waals surface area contributed by atoms with Crippen molar-refractivity contribution < 1.29 is 32.6 Å². The first-order valence-electron chi connectivity index (χ1n) is 5.15. The lowest BCUT2D eigenvalue weighted by atomic mass is 10.2. The third-order valence-corrected chi connectivity index (χ3v) is 2.18. The molecule has 0 unspecified atom stereocenters. The minimum atomic E-state index is -4.55. The van der Waals surface area contributed by atoms with Gasteiger partial charge in [-0.1, -0.05) is 6.07 Å². The third kappa shape index (κ3) is 5.56. The molecule has 1 aromatic rings. The topological polar surface area (TPSA) is 60.8 Å². The Morgan fingerprint density at radius 2 is 1.95 bits per heavy atom. The third-order valence-electron chi connectivity index (χ3n) is 2.18. The van der Waals surface area contributed by atoms with E-state index in [1.807, 2.05) is 0 Å². The number of carboxylic acids is 1. The molecule has 1 rings (SSSR count). The molecule has 1 aromatic carbocycles. The van der Waals surface area contributed by atoms with Crippen molar-refractivity contribution >= 4 is 5.97 Å². The number of hydrogen-bond acceptors (Lipinski definition) is 3. The zero-order valence-corrected chi connectivity index (χ0v) is 9.62. The molecule has 0 bridgehead atoms. The van der Waals surface area contributed by atoms with Crippen LogP contribution in [0.25, 0.3) is 0 Å². The summed E-state index contributed by atoms with van der Waals surface area (Å²) in [4.78, 5) is 11.1. The first-order valence-corrected chi connectivity index (χ1v) is 5.15. The summed E-state index contributed by atoms with van der Waals surface area (Å²) in [6.07, 6.45) is -4.55. The van der Waals surface area contributed by atoms with E-state index in [2.05, 4.69) is 0 Å². The minimum absolute atomic E-state index is 0.140. The highest BCUT2D eigenvalue weighted by atomic mass is 19.4. The lowest BCUT2D eigenvalue weighted by molar-refractivity contribution is -0.154. The van der Waals surface area contributed by atoms with Crippen molar-refractivity contribution in [1.82, 2.24) is 4.90 Å². The van der Waals surface area contributed by atoms with Crippen LogP contribution in [0.4, 0.5) is 17.6 Å². The summed E-state index contributed by atoms with van der Waals surface area (Å²) in [5.41, 5.74) is 0.140. The van der Waals surface area contributed by atoms with Gasteiger partial charge in [0.25, 0.3) is 0 Å². The van der Waals surface area contributed by atoms with Crippen LogP contribution in [-0.2, 0) is 11.3 Å². The predicted octanol–water partition coefficient (Wildman–Crippen LogP) is 1.98. The summed E-state index contributed by atoms with van der Waals surface area (Å²) in [5, 5.41) is 17.5. The standard InChI is InChI=1S/C11H11F4NO3/c12-8-3-7(1-2-9(8)17)4-16(5-10(18)19)6-11(13,14)15/h1-3,17H,4-6H2,(H,18,19). The molecule has 0 heterocycles. The Morgan fingerprint density at radius 1 is 1.32 bits per heavy atom. The Balaban J connectivity index is 2.81. The second kappa shape index (κ2) is 5.87. The summed E-state index contributed by atoms with van der Waals surface area (Å²) in [6, 6.07) is 3.08. The number of phenols is 1. The van der Waals surface area contributed by atoms with Gasteiger partial charge in [0, 0.05) is 6.54 Å². The Morgan fingerprint density at radius 3 is 2.42 bits per heavy atom. The van der Waals surface area contributed by atoms with E-state index >= 15 is 0 Å². The van der Waals surface area contributed by atoms with E-state index in [9.17, 15) is 22.4 Å². The van der Waals surface area contributed by atoms with Crippen molar-refractivity contribution in [2.75, 3.05) is 13.1 Å². The van der Waals surface area contributed by atoms with Crippen LogP contribution in [0.2, 0.25) is 0 Å². The number of hydrogen-bond donors (Lipinski definition) is 2. The number of nitrogens with zero attached hydrogens (tertiary/aromatic N) is 1. The second-order valence-electron chi connectivity index (χ2n) is 3.94. The molecule has 106 valence electrons. The van der Waals surface area contributed by atoms with Crippen LogP contribution in [0.5, 0.6) is 5.75 Å². The molecule has 0 amide bonds. The molecule has 0 aliphatic rings. The number of aromatic hydroxyl groups is 1. The highest BCUT2D eigenvalue weighted by Crippen LogP contribution is 2.20. The van der Waals surface area contributed by atoms with Gasteiger partial charge in [0.15, 0.2) is 11.6 Å². The van der Waals surface area contributed by atoms with Gasteiger partial charge in [-0.3, -0.25) is 9.69 Å². The lowest BCUT2D eigenvalue weighted by Crippen LogP contribution is -2.37. The summed E-state index contributed by atoms with van der Waals surface area (Å²) < 4.78 is 49.8. The average Bonchev–Trinajstić information content (AvgIpc) is 2.20. The first-order chi connectivity index (χ1) is 8.67. The highest BCUT2D eigenvalue weighted by molar-refractivity contribution is 5.69.